The molecule has 0 atom stereocenters. The molecule has 25 heteroatoms. The number of carboxylic acids is 4. The number of aliphatic carboxylic acids is 1. The summed E-state index contributed by atoms with van der Waals surface area (Å²) in [5.41, 5.74) is 11.4. The summed E-state index contributed by atoms with van der Waals surface area (Å²) in [4.78, 5) is 80.6. The molecule has 0 amide bonds. The fraction of sp³-hybridized carbons (Fsp3) is 0.122. The first kappa shape index (κ1) is 75.3. The van der Waals surface area contributed by atoms with Gasteiger partial charge in [-0.05, 0) is 197 Å². The van der Waals surface area contributed by atoms with Crippen molar-refractivity contribution in [3.05, 3.63) is 295 Å². The molecule has 8 heterocycles. The number of carbonyl (C=O) groups is 4. The summed E-state index contributed by atoms with van der Waals surface area (Å²) in [6, 6.07) is 43.5. The van der Waals surface area contributed by atoms with Gasteiger partial charge in [0.1, 0.15) is 29.0 Å². The van der Waals surface area contributed by atoms with Crippen LogP contribution in [0.5, 0.6) is 5.75 Å². The van der Waals surface area contributed by atoms with Crippen LogP contribution in [0.1, 0.15) is 81.7 Å². The highest BCUT2D eigenvalue weighted by Crippen LogP contribution is 2.34. The lowest BCUT2D eigenvalue weighted by Crippen LogP contribution is -2.06. The number of carboxylic acid groups (broad SMARTS) is 4. The minimum Gasteiger partial charge on any atom is -0.495 e. The van der Waals surface area contributed by atoms with Crippen molar-refractivity contribution in [2.75, 3.05) is 28.4 Å². The van der Waals surface area contributed by atoms with Gasteiger partial charge in [-0.15, -0.1) is 26.3 Å². The third kappa shape index (κ3) is 19.4. The van der Waals surface area contributed by atoms with E-state index in [0.29, 0.717) is 107 Å². The van der Waals surface area contributed by atoms with Gasteiger partial charge in [-0.1, -0.05) is 48.6 Å². The van der Waals surface area contributed by atoms with E-state index in [4.69, 9.17) is 42.8 Å². The Morgan fingerprint density at radius 1 is 0.393 bits per heavy atom. The van der Waals surface area contributed by atoms with Gasteiger partial charge < -0.3 is 64.1 Å². The van der Waals surface area contributed by atoms with Crippen molar-refractivity contribution in [1.29, 1.82) is 0 Å². The number of benzene rings is 5. The molecule has 107 heavy (non-hydrogen) atoms. The van der Waals surface area contributed by atoms with Crippen LogP contribution in [0.4, 0.5) is 46.0 Å². The summed E-state index contributed by atoms with van der Waals surface area (Å²) in [6.07, 6.45) is 15.9. The lowest BCUT2D eigenvalue weighted by atomic mass is 10.1. The number of furan rings is 4. The largest absolute Gasteiger partial charge is 0.495 e. The topological polar surface area (TPSA) is 362 Å². The van der Waals surface area contributed by atoms with Gasteiger partial charge in [0.25, 0.3) is 0 Å². The third-order valence-electron chi connectivity index (χ3n) is 16.2. The Balaban J connectivity index is 0.000000153. The normalized spacial score (nSPS) is 10.6. The maximum Gasteiger partial charge on any atom is 0.335 e. The maximum absolute atomic E-state index is 11.2. The SMILES string of the molecule is C=CCc1c(C)nc(-c2ccco2)nc1Nc1ccc(C(=O)O)cc1.C=CCc1c(C)nc(-c2ccco2)nc1Nc1ccc(C(=O)O)cc1OC.C=CCc1c(C)nc(-c2ccco2)nc1Nc1ccc(CC(=O)O)cc1.C=CCc1c(C)nc(-c2ccco2)nc1Nc1ccc2cc(C(=O)O)ccc2c1. The zero-order valence-corrected chi connectivity index (χ0v) is 59.0. The number of ether oxygens (including phenoxy) is 1. The van der Waals surface area contributed by atoms with Crippen LogP contribution in [0.25, 0.3) is 57.1 Å². The Hall–Kier alpha value is -14.4. The van der Waals surface area contributed by atoms with Crippen molar-refractivity contribution >= 4 is 80.7 Å². The molecule has 0 saturated carbocycles. The zero-order valence-electron chi connectivity index (χ0n) is 59.0. The smallest absolute Gasteiger partial charge is 0.335 e. The number of aryl methyl sites for hydroxylation is 4. The minimum absolute atomic E-state index is 0.00273. The van der Waals surface area contributed by atoms with E-state index < -0.39 is 23.9 Å². The first-order valence-corrected chi connectivity index (χ1v) is 33.2. The molecule has 0 aliphatic heterocycles. The molecule has 0 spiro atoms. The summed E-state index contributed by atoms with van der Waals surface area (Å²) in [5.74, 6) is 3.48. The standard InChI is InChI=1S/C23H19N3O3.C20H19N3O4.C20H19N3O3.C19H17N3O3/c1-3-5-19-14(2)24-22(20-6-4-11-29-20)26-21(19)25-18-10-9-15-12-17(23(27)28)8-7-16(15)13-18;1-4-6-14-12(2)21-19(16-7-5-10-27-16)23-18(14)22-15-9-8-13(20(24)25)11-17(15)26-3;1-3-5-16-13(2)21-20(17-6-4-11-26-17)23-19(16)22-15-9-7-14(8-10-15)12-18(24)25;1-3-5-15-12(2)20-18(16-6-4-11-25-16)22-17(15)21-14-9-7-13(8-10-14)19(23)24/h3-4,6-13H,1,5H2,2H3,(H,27,28)(H,24,25,26);4-5,7-11H,1,6H2,2-3H3,(H,24,25)(H,21,22,23);3-4,6-11H,1,5,12H2,2H3,(H,24,25)(H,21,22,23);3-4,6-11H,1,5H2,2H3,(H,23,24)(H,20,21,22). The molecule has 0 fully saturated rings. The Morgan fingerprint density at radius 2 is 0.720 bits per heavy atom. The van der Waals surface area contributed by atoms with Crippen molar-refractivity contribution in [2.24, 2.45) is 0 Å². The summed E-state index contributed by atoms with van der Waals surface area (Å²) >= 11 is 0. The molecule has 0 radical (unpaired) electrons. The monoisotopic (exact) mass is 1430 g/mol. The van der Waals surface area contributed by atoms with Gasteiger partial charge >= 0.3 is 23.9 Å². The van der Waals surface area contributed by atoms with Crippen LogP contribution in [0, 0.1) is 27.7 Å². The molecule has 8 N–H and O–H groups in total. The quantitative estimate of drug-likeness (QED) is 0.0233. The summed E-state index contributed by atoms with van der Waals surface area (Å²) in [5, 5.41) is 51.1. The average Bonchev–Trinajstić information content (AvgIpc) is 1.67. The number of nitrogens with zero attached hydrogens (tertiary/aromatic N) is 8. The molecule has 540 valence electrons. The number of methoxy groups -OCH3 is 1. The number of nitrogens with one attached hydrogen (secondary N) is 4. The van der Waals surface area contributed by atoms with Crippen LogP contribution >= 0.6 is 0 Å². The number of fused-ring (bicyclic) bond motifs is 1. The number of hydrogen-bond acceptors (Lipinski definition) is 21. The van der Waals surface area contributed by atoms with Crippen LogP contribution in [-0.2, 0) is 36.9 Å². The number of aromatic carboxylic acids is 3. The van der Waals surface area contributed by atoms with Gasteiger partial charge in [-0.2, -0.15) is 0 Å². The van der Waals surface area contributed by atoms with E-state index in [-0.39, 0.29) is 23.1 Å². The Morgan fingerprint density at radius 3 is 1.07 bits per heavy atom. The number of aromatic nitrogens is 8. The Bertz CT molecular complexity index is 5330. The second kappa shape index (κ2) is 35.5. The van der Waals surface area contributed by atoms with Crippen LogP contribution in [0.2, 0.25) is 0 Å². The van der Waals surface area contributed by atoms with Gasteiger partial charge in [0.05, 0.1) is 61.0 Å². The first-order chi connectivity index (χ1) is 51.7. The van der Waals surface area contributed by atoms with Gasteiger partial charge in [-0.3, -0.25) is 4.79 Å². The average molecular weight is 1440 g/mol. The van der Waals surface area contributed by atoms with Gasteiger partial charge in [-0.25, -0.2) is 54.3 Å². The zero-order chi connectivity index (χ0) is 76.1. The predicted octanol–water partition coefficient (Wildman–Crippen LogP) is 18.0. The van der Waals surface area contributed by atoms with E-state index >= 15 is 0 Å². The number of allylic oxidation sites excluding steroid dienone is 4. The fourth-order valence-corrected chi connectivity index (χ4v) is 10.9. The highest BCUT2D eigenvalue weighted by molar-refractivity contribution is 5.96. The van der Waals surface area contributed by atoms with Gasteiger partial charge in [0.2, 0.25) is 0 Å². The molecule has 0 saturated heterocycles. The van der Waals surface area contributed by atoms with E-state index in [1.165, 1.54) is 19.2 Å². The molecule has 25 nitrogen and oxygen atoms in total. The van der Waals surface area contributed by atoms with E-state index in [1.807, 2.05) is 76.2 Å². The second-order valence-corrected chi connectivity index (χ2v) is 23.7. The summed E-state index contributed by atoms with van der Waals surface area (Å²) < 4.78 is 27.0. The van der Waals surface area contributed by atoms with Gasteiger partial charge in [0.15, 0.2) is 46.3 Å². The minimum atomic E-state index is -1.02. The van der Waals surface area contributed by atoms with Crippen molar-refractivity contribution in [1.82, 2.24) is 39.9 Å². The fourth-order valence-electron chi connectivity index (χ4n) is 10.9. The van der Waals surface area contributed by atoms with Crippen LogP contribution in [0.3, 0.4) is 0 Å². The molecule has 13 aromatic rings. The highest BCUT2D eigenvalue weighted by Gasteiger charge is 2.21. The van der Waals surface area contributed by atoms with Crippen LogP contribution in [-0.4, -0.2) is 91.3 Å². The van der Waals surface area contributed by atoms with E-state index in [2.05, 4.69) is 87.5 Å². The Kier molecular flexibility index (Phi) is 25.0. The molecule has 0 bridgehead atoms. The van der Waals surface area contributed by atoms with Crippen LogP contribution in [0.15, 0.2) is 245 Å². The molecule has 13 rings (SSSR count). The third-order valence-corrected chi connectivity index (χ3v) is 16.2. The van der Waals surface area contributed by atoms with E-state index in [0.717, 1.165) is 78.4 Å². The first-order valence-electron chi connectivity index (χ1n) is 33.2. The maximum atomic E-state index is 11.2. The summed E-state index contributed by atoms with van der Waals surface area (Å²) in [7, 11) is 1.48. The second-order valence-electron chi connectivity index (χ2n) is 23.7. The molecule has 0 aliphatic rings. The lowest BCUT2D eigenvalue weighted by molar-refractivity contribution is -0.136. The molecule has 5 aromatic carbocycles. The number of anilines is 8. The predicted molar refractivity (Wildman–Crippen MR) is 409 cm³/mol. The van der Waals surface area contributed by atoms with Crippen molar-refractivity contribution in [3.63, 3.8) is 0 Å². The number of hydrogen-bond donors (Lipinski definition) is 8. The summed E-state index contributed by atoms with van der Waals surface area (Å²) in [6.45, 7) is 22.9. The molecular weight excluding hydrogens is 1360 g/mol. The van der Waals surface area contributed by atoms with E-state index in [9.17, 15) is 19.2 Å². The van der Waals surface area contributed by atoms with Gasteiger partial charge in [0, 0.05) is 62.1 Å². The molecular formula is C82H74N12O13. The highest BCUT2D eigenvalue weighted by atomic mass is 16.5. The molecule has 0 aliphatic carbocycles. The lowest BCUT2D eigenvalue weighted by Gasteiger charge is -2.16. The van der Waals surface area contributed by atoms with Crippen LogP contribution < -0.4 is 26.0 Å². The van der Waals surface area contributed by atoms with E-state index in [1.54, 1.807) is 140 Å². The number of rotatable bonds is 26. The molecule has 8 aromatic heterocycles. The molecule has 0 unspecified atom stereocenters. The van der Waals surface area contributed by atoms with Crippen molar-refractivity contribution < 1.29 is 62.0 Å². The Labute approximate surface area is 614 Å². The van der Waals surface area contributed by atoms with Crippen molar-refractivity contribution in [3.8, 4) is 52.1 Å². The van der Waals surface area contributed by atoms with Crippen molar-refractivity contribution in [2.45, 2.75) is 59.8 Å².